The van der Waals surface area contributed by atoms with E-state index in [1.807, 2.05) is 26.8 Å². The van der Waals surface area contributed by atoms with Crippen LogP contribution in [0.25, 0.3) is 0 Å². The molecule has 0 aliphatic carbocycles. The number of halogens is 1. The minimum absolute atomic E-state index is 0.162. The van der Waals surface area contributed by atoms with Gasteiger partial charge in [0.2, 0.25) is 0 Å². The SMILES string of the molecule is CCCC(C)N(CC)c1c(Cl)sc(C(=O)NCc2c(C)cc(C)[nH]c2=O)c1C. The molecule has 0 bridgehead atoms. The van der Waals surface area contributed by atoms with Crippen LogP contribution in [0.4, 0.5) is 5.69 Å². The Hall–Kier alpha value is -1.79. The van der Waals surface area contributed by atoms with Gasteiger partial charge in [-0.05, 0) is 58.2 Å². The van der Waals surface area contributed by atoms with Crippen LogP contribution in [0.3, 0.4) is 0 Å². The lowest BCUT2D eigenvalue weighted by molar-refractivity contribution is 0.0954. The molecular formula is C21H30ClN3O2S. The Morgan fingerprint density at radius 2 is 2.00 bits per heavy atom. The Morgan fingerprint density at radius 1 is 1.32 bits per heavy atom. The van der Waals surface area contributed by atoms with Gasteiger partial charge in [-0.3, -0.25) is 9.59 Å². The molecule has 1 amide bonds. The molecule has 2 aromatic rings. The summed E-state index contributed by atoms with van der Waals surface area (Å²) in [5.41, 5.74) is 3.94. The third kappa shape index (κ3) is 4.78. The number of H-pyrrole nitrogens is 1. The predicted octanol–water partition coefficient (Wildman–Crippen LogP) is 4.96. The smallest absolute Gasteiger partial charge is 0.262 e. The number of pyridine rings is 1. The van der Waals surface area contributed by atoms with Crippen molar-refractivity contribution in [2.75, 3.05) is 11.4 Å². The Morgan fingerprint density at radius 3 is 2.57 bits per heavy atom. The number of aryl methyl sites for hydroxylation is 2. The average Bonchev–Trinajstić information content (AvgIpc) is 2.90. The van der Waals surface area contributed by atoms with E-state index in [0.717, 1.165) is 41.9 Å². The van der Waals surface area contributed by atoms with Crippen LogP contribution in [0.2, 0.25) is 4.34 Å². The van der Waals surface area contributed by atoms with Crippen LogP contribution in [0, 0.1) is 20.8 Å². The molecule has 2 aromatic heterocycles. The van der Waals surface area contributed by atoms with Crippen molar-refractivity contribution >= 4 is 34.5 Å². The van der Waals surface area contributed by atoms with Crippen molar-refractivity contribution in [1.29, 1.82) is 0 Å². The number of hydrogen-bond acceptors (Lipinski definition) is 4. The molecule has 2 N–H and O–H groups in total. The molecule has 1 atom stereocenters. The first-order valence-corrected chi connectivity index (χ1v) is 10.9. The summed E-state index contributed by atoms with van der Waals surface area (Å²) in [7, 11) is 0. The minimum atomic E-state index is -0.200. The lowest BCUT2D eigenvalue weighted by Gasteiger charge is -2.30. The van der Waals surface area contributed by atoms with Gasteiger partial charge in [-0.1, -0.05) is 24.9 Å². The van der Waals surface area contributed by atoms with Gasteiger partial charge < -0.3 is 15.2 Å². The summed E-state index contributed by atoms with van der Waals surface area (Å²) in [5.74, 6) is -0.200. The van der Waals surface area contributed by atoms with Gasteiger partial charge in [0.1, 0.15) is 4.34 Å². The number of nitrogens with zero attached hydrogens (tertiary/aromatic N) is 1. The molecule has 0 saturated carbocycles. The Balaban J connectivity index is 2.25. The van der Waals surface area contributed by atoms with E-state index in [0.29, 0.717) is 20.8 Å². The molecule has 2 rings (SSSR count). The highest BCUT2D eigenvalue weighted by molar-refractivity contribution is 7.18. The lowest BCUT2D eigenvalue weighted by atomic mass is 10.1. The molecule has 1 unspecified atom stereocenters. The first-order chi connectivity index (χ1) is 13.2. The zero-order valence-electron chi connectivity index (χ0n) is 17.5. The molecule has 0 aliphatic heterocycles. The normalized spacial score (nSPS) is 12.1. The van der Waals surface area contributed by atoms with Crippen LogP contribution in [0.5, 0.6) is 0 Å². The van der Waals surface area contributed by atoms with E-state index in [-0.39, 0.29) is 18.0 Å². The summed E-state index contributed by atoms with van der Waals surface area (Å²) in [5, 5.41) is 2.88. The summed E-state index contributed by atoms with van der Waals surface area (Å²) in [6.07, 6.45) is 2.16. The van der Waals surface area contributed by atoms with Crippen molar-refractivity contribution < 1.29 is 4.79 Å². The maximum absolute atomic E-state index is 12.8. The number of hydrogen-bond donors (Lipinski definition) is 2. The topological polar surface area (TPSA) is 65.2 Å². The van der Waals surface area contributed by atoms with Gasteiger partial charge in [0, 0.05) is 30.4 Å². The lowest BCUT2D eigenvalue weighted by Crippen LogP contribution is -2.33. The Bertz CT molecular complexity index is 904. The Kier molecular flexibility index (Phi) is 7.72. The van der Waals surface area contributed by atoms with Crippen molar-refractivity contribution in [1.82, 2.24) is 10.3 Å². The van der Waals surface area contributed by atoms with Gasteiger partial charge >= 0.3 is 0 Å². The second kappa shape index (κ2) is 9.61. The van der Waals surface area contributed by atoms with Crippen LogP contribution in [-0.4, -0.2) is 23.5 Å². The van der Waals surface area contributed by atoms with Gasteiger partial charge in [-0.25, -0.2) is 0 Å². The number of amides is 1. The van der Waals surface area contributed by atoms with E-state index in [4.69, 9.17) is 11.6 Å². The number of nitrogens with one attached hydrogen (secondary N) is 2. The highest BCUT2D eigenvalue weighted by Crippen LogP contribution is 2.40. The molecule has 0 aliphatic rings. The fraction of sp³-hybridized carbons (Fsp3) is 0.524. The van der Waals surface area contributed by atoms with E-state index in [2.05, 4.69) is 36.0 Å². The quantitative estimate of drug-likeness (QED) is 0.630. The van der Waals surface area contributed by atoms with Gasteiger partial charge in [-0.15, -0.1) is 11.3 Å². The van der Waals surface area contributed by atoms with Crippen LogP contribution in [0.15, 0.2) is 10.9 Å². The number of anilines is 1. The van der Waals surface area contributed by atoms with E-state index >= 15 is 0 Å². The molecule has 5 nitrogen and oxygen atoms in total. The molecule has 7 heteroatoms. The second-order valence-corrected chi connectivity index (χ2v) is 8.85. The molecule has 0 spiro atoms. The predicted molar refractivity (Wildman–Crippen MR) is 119 cm³/mol. The van der Waals surface area contributed by atoms with Crippen molar-refractivity contribution in [2.24, 2.45) is 0 Å². The standard InChI is InChI=1S/C21H30ClN3O2S/c1-7-9-14(5)25(8-2)17-15(6)18(28-19(17)22)21(27)23-11-16-12(3)10-13(4)24-20(16)26/h10,14H,7-9,11H2,1-6H3,(H,23,27)(H,24,26). The molecular weight excluding hydrogens is 394 g/mol. The molecule has 154 valence electrons. The van der Waals surface area contributed by atoms with Gasteiger partial charge in [0.15, 0.2) is 0 Å². The van der Waals surface area contributed by atoms with Crippen molar-refractivity contribution in [2.45, 2.75) is 67.0 Å². The van der Waals surface area contributed by atoms with E-state index in [1.54, 1.807) is 0 Å². The van der Waals surface area contributed by atoms with Gasteiger partial charge in [0.05, 0.1) is 10.6 Å². The van der Waals surface area contributed by atoms with Crippen LogP contribution < -0.4 is 15.8 Å². The average molecular weight is 424 g/mol. The minimum Gasteiger partial charge on any atom is -0.367 e. The molecule has 0 fully saturated rings. The number of rotatable bonds is 8. The molecule has 0 radical (unpaired) electrons. The first-order valence-electron chi connectivity index (χ1n) is 9.74. The first kappa shape index (κ1) is 22.5. The summed E-state index contributed by atoms with van der Waals surface area (Å²) in [4.78, 5) is 30.6. The van der Waals surface area contributed by atoms with Crippen LogP contribution >= 0.6 is 22.9 Å². The van der Waals surface area contributed by atoms with E-state index in [1.165, 1.54) is 11.3 Å². The molecule has 2 heterocycles. The zero-order chi connectivity index (χ0) is 21.0. The fourth-order valence-electron chi connectivity index (χ4n) is 3.63. The third-order valence-electron chi connectivity index (χ3n) is 5.07. The summed E-state index contributed by atoms with van der Waals surface area (Å²) < 4.78 is 0.636. The maximum Gasteiger partial charge on any atom is 0.262 e. The summed E-state index contributed by atoms with van der Waals surface area (Å²) >= 11 is 7.84. The van der Waals surface area contributed by atoms with Gasteiger partial charge in [0.25, 0.3) is 11.5 Å². The number of thiophene rings is 1. The number of carbonyl (C=O) groups is 1. The number of aromatic nitrogens is 1. The fourth-order valence-corrected chi connectivity index (χ4v) is 5.07. The molecule has 0 saturated heterocycles. The summed E-state index contributed by atoms with van der Waals surface area (Å²) in [6, 6.07) is 2.26. The molecule has 0 aromatic carbocycles. The van der Waals surface area contributed by atoms with E-state index in [9.17, 15) is 9.59 Å². The monoisotopic (exact) mass is 423 g/mol. The second-order valence-electron chi connectivity index (χ2n) is 7.23. The van der Waals surface area contributed by atoms with Crippen molar-refractivity contribution in [3.63, 3.8) is 0 Å². The highest BCUT2D eigenvalue weighted by atomic mass is 35.5. The summed E-state index contributed by atoms with van der Waals surface area (Å²) in [6.45, 7) is 13.1. The maximum atomic E-state index is 12.8. The highest BCUT2D eigenvalue weighted by Gasteiger charge is 2.25. The number of carbonyl (C=O) groups excluding carboxylic acids is 1. The Labute approximate surface area is 176 Å². The van der Waals surface area contributed by atoms with E-state index < -0.39 is 0 Å². The third-order valence-corrected chi connectivity index (χ3v) is 6.54. The van der Waals surface area contributed by atoms with Crippen molar-refractivity contribution in [3.8, 4) is 0 Å². The largest absolute Gasteiger partial charge is 0.367 e. The number of aromatic amines is 1. The van der Waals surface area contributed by atoms with Crippen molar-refractivity contribution in [3.05, 3.63) is 48.0 Å². The van der Waals surface area contributed by atoms with Gasteiger partial charge in [-0.2, -0.15) is 0 Å². The molecule has 28 heavy (non-hydrogen) atoms. The van der Waals surface area contributed by atoms with Crippen LogP contribution in [-0.2, 0) is 6.54 Å². The zero-order valence-corrected chi connectivity index (χ0v) is 19.1. The van der Waals surface area contributed by atoms with Crippen LogP contribution in [0.1, 0.15) is 65.7 Å².